The summed E-state index contributed by atoms with van der Waals surface area (Å²) in [4.78, 5) is 15.3. The maximum atomic E-state index is 14.3. The smallest absolute Gasteiger partial charge is 0.235 e. The number of hydrogen-bond donors (Lipinski definition) is 0. The highest BCUT2D eigenvalue weighted by Gasteiger charge is 2.68. The Kier molecular flexibility index (Phi) is 3.64. The predicted octanol–water partition coefficient (Wildman–Crippen LogP) is 3.56. The zero-order chi connectivity index (χ0) is 20.6. The molecule has 29 heavy (non-hydrogen) atoms. The van der Waals surface area contributed by atoms with Crippen LogP contribution in [0.25, 0.3) is 11.3 Å². The van der Waals surface area contributed by atoms with Gasteiger partial charge in [0.1, 0.15) is 11.6 Å². The molecule has 2 bridgehead atoms. The summed E-state index contributed by atoms with van der Waals surface area (Å²) in [7, 11) is 0. The van der Waals surface area contributed by atoms with Gasteiger partial charge in [0, 0.05) is 13.1 Å². The topological polar surface area (TPSA) is 69.9 Å². The van der Waals surface area contributed by atoms with Gasteiger partial charge in [-0.3, -0.25) is 4.79 Å². The summed E-state index contributed by atoms with van der Waals surface area (Å²) in [6.45, 7) is 5.02. The molecule has 2 unspecified atom stereocenters. The van der Waals surface area contributed by atoms with Crippen molar-refractivity contribution in [1.29, 1.82) is 5.26 Å². The van der Waals surface area contributed by atoms with Crippen LogP contribution < -0.4 is 0 Å². The van der Waals surface area contributed by atoms with Crippen molar-refractivity contribution in [1.82, 2.24) is 15.1 Å². The number of likely N-dealkylation sites (tertiary alicyclic amines) is 1. The molecule has 1 saturated carbocycles. The van der Waals surface area contributed by atoms with E-state index < -0.39 is 17.0 Å². The third-order valence-electron chi connectivity index (χ3n) is 7.32. The quantitative estimate of drug-likeness (QED) is 0.781. The van der Waals surface area contributed by atoms with E-state index in [9.17, 15) is 13.6 Å². The SMILES string of the molecule is CC1(C)C2CCC1(C(=O)N1CC(C#N)C1)c1nnc(-c3c(F)cccc3F)cc12. The Morgan fingerprint density at radius 3 is 2.59 bits per heavy atom. The lowest BCUT2D eigenvalue weighted by Crippen LogP contribution is -2.58. The van der Waals surface area contributed by atoms with E-state index in [0.29, 0.717) is 25.2 Å². The van der Waals surface area contributed by atoms with Gasteiger partial charge in [-0.25, -0.2) is 8.78 Å². The van der Waals surface area contributed by atoms with E-state index in [-0.39, 0.29) is 34.4 Å². The van der Waals surface area contributed by atoms with Gasteiger partial charge >= 0.3 is 0 Å². The zero-order valence-corrected chi connectivity index (χ0v) is 16.2. The second-order valence-corrected chi connectivity index (χ2v) is 8.88. The molecule has 2 heterocycles. The molecule has 0 spiro atoms. The van der Waals surface area contributed by atoms with Crippen molar-refractivity contribution in [2.24, 2.45) is 11.3 Å². The van der Waals surface area contributed by atoms with Crippen LogP contribution in [0.3, 0.4) is 0 Å². The Bertz CT molecular complexity index is 1070. The van der Waals surface area contributed by atoms with Gasteiger partial charge in [0.05, 0.1) is 34.4 Å². The number of benzene rings is 1. The molecule has 1 aliphatic heterocycles. The number of hydrogen-bond acceptors (Lipinski definition) is 4. The summed E-state index contributed by atoms with van der Waals surface area (Å²) in [6, 6.07) is 7.62. The second-order valence-electron chi connectivity index (χ2n) is 8.88. The van der Waals surface area contributed by atoms with Crippen LogP contribution in [-0.2, 0) is 10.2 Å². The summed E-state index contributed by atoms with van der Waals surface area (Å²) < 4.78 is 28.5. The van der Waals surface area contributed by atoms with E-state index in [0.717, 1.165) is 12.0 Å². The molecule has 2 atom stereocenters. The van der Waals surface area contributed by atoms with Crippen molar-refractivity contribution < 1.29 is 13.6 Å². The molecular weight excluding hydrogens is 374 g/mol. The Hall–Kier alpha value is -2.88. The highest BCUT2D eigenvalue weighted by molar-refractivity contribution is 5.92. The highest BCUT2D eigenvalue weighted by Crippen LogP contribution is 2.68. The van der Waals surface area contributed by atoms with Crippen LogP contribution in [0, 0.1) is 34.3 Å². The van der Waals surface area contributed by atoms with Crippen LogP contribution in [0.2, 0.25) is 0 Å². The van der Waals surface area contributed by atoms with Crippen LogP contribution in [-0.4, -0.2) is 34.1 Å². The van der Waals surface area contributed by atoms with Crippen molar-refractivity contribution in [3.8, 4) is 17.3 Å². The van der Waals surface area contributed by atoms with E-state index in [1.54, 1.807) is 11.0 Å². The minimum Gasteiger partial charge on any atom is -0.339 e. The van der Waals surface area contributed by atoms with Gasteiger partial charge in [-0.1, -0.05) is 19.9 Å². The molecule has 1 amide bonds. The maximum Gasteiger partial charge on any atom is 0.235 e. The molecule has 1 saturated heterocycles. The third-order valence-corrected chi connectivity index (χ3v) is 7.32. The summed E-state index contributed by atoms with van der Waals surface area (Å²) in [5, 5.41) is 17.6. The van der Waals surface area contributed by atoms with Gasteiger partial charge in [0.15, 0.2) is 0 Å². The number of aromatic nitrogens is 2. The normalized spacial score (nSPS) is 26.7. The van der Waals surface area contributed by atoms with Gasteiger partial charge in [-0.15, -0.1) is 5.10 Å². The average Bonchev–Trinajstić information content (AvgIpc) is 3.02. The van der Waals surface area contributed by atoms with Gasteiger partial charge in [0.2, 0.25) is 5.91 Å². The Balaban J connectivity index is 1.61. The van der Waals surface area contributed by atoms with Crippen LogP contribution in [0.4, 0.5) is 8.78 Å². The van der Waals surface area contributed by atoms with E-state index in [4.69, 9.17) is 5.26 Å². The van der Waals surface area contributed by atoms with Gasteiger partial charge in [-0.2, -0.15) is 10.4 Å². The Labute approximate surface area is 167 Å². The zero-order valence-electron chi connectivity index (χ0n) is 16.2. The lowest BCUT2D eigenvalue weighted by atomic mass is 9.67. The van der Waals surface area contributed by atoms with Crippen molar-refractivity contribution in [3.63, 3.8) is 0 Å². The monoisotopic (exact) mass is 394 g/mol. The first kappa shape index (κ1) is 18.2. The molecule has 5 rings (SSSR count). The minimum absolute atomic E-state index is 0.00521. The van der Waals surface area contributed by atoms with Gasteiger partial charge in [-0.05, 0) is 47.9 Å². The predicted molar refractivity (Wildman–Crippen MR) is 101 cm³/mol. The first-order chi connectivity index (χ1) is 13.8. The number of nitriles is 1. The first-order valence-electron chi connectivity index (χ1n) is 9.82. The number of rotatable bonds is 2. The lowest BCUT2D eigenvalue weighted by Gasteiger charge is -2.45. The molecule has 2 aromatic rings. The number of nitrogens with zero attached hydrogens (tertiary/aromatic N) is 4. The number of fused-ring (bicyclic) bond motifs is 5. The number of halogens is 2. The van der Waals surface area contributed by atoms with Crippen LogP contribution in [0.15, 0.2) is 24.3 Å². The van der Waals surface area contributed by atoms with E-state index in [1.165, 1.54) is 18.2 Å². The van der Waals surface area contributed by atoms with E-state index in [1.807, 2.05) is 0 Å². The molecule has 148 valence electrons. The molecule has 5 nitrogen and oxygen atoms in total. The minimum atomic E-state index is -0.799. The van der Waals surface area contributed by atoms with Crippen LogP contribution >= 0.6 is 0 Å². The average molecular weight is 394 g/mol. The molecular formula is C22H20F2N4O. The van der Waals surface area contributed by atoms with Crippen molar-refractivity contribution in [2.45, 2.75) is 38.0 Å². The number of amides is 1. The highest BCUT2D eigenvalue weighted by atomic mass is 19.1. The summed E-state index contributed by atoms with van der Waals surface area (Å²) in [5.74, 6) is -1.42. The van der Waals surface area contributed by atoms with E-state index in [2.05, 4.69) is 30.1 Å². The molecule has 7 heteroatoms. The first-order valence-corrected chi connectivity index (χ1v) is 9.82. The van der Waals surface area contributed by atoms with Crippen LogP contribution in [0.1, 0.15) is 43.9 Å². The summed E-state index contributed by atoms with van der Waals surface area (Å²) in [5.41, 5.74) is 0.268. The van der Waals surface area contributed by atoms with Gasteiger partial charge in [0.25, 0.3) is 0 Å². The fourth-order valence-electron chi connectivity index (χ4n) is 5.66. The van der Waals surface area contributed by atoms with E-state index >= 15 is 0 Å². The molecule has 1 aromatic carbocycles. The molecule has 2 aliphatic carbocycles. The Morgan fingerprint density at radius 1 is 1.24 bits per heavy atom. The van der Waals surface area contributed by atoms with Gasteiger partial charge < -0.3 is 4.90 Å². The molecule has 0 N–H and O–H groups in total. The molecule has 2 fully saturated rings. The third kappa shape index (κ3) is 2.14. The Morgan fingerprint density at radius 2 is 1.93 bits per heavy atom. The lowest BCUT2D eigenvalue weighted by molar-refractivity contribution is -0.146. The molecule has 1 aromatic heterocycles. The van der Waals surface area contributed by atoms with Crippen LogP contribution in [0.5, 0.6) is 0 Å². The van der Waals surface area contributed by atoms with Crippen molar-refractivity contribution >= 4 is 5.91 Å². The maximum absolute atomic E-state index is 14.3. The standard InChI is InChI=1S/C22H20F2N4O/c1-21(2)14-6-7-22(21,20(29)28-10-12(9-25)11-28)19-13(14)8-17(26-27-19)18-15(23)4-3-5-16(18)24/h3-5,8,12,14H,6-7,10-11H2,1-2H3. The fourth-order valence-corrected chi connectivity index (χ4v) is 5.66. The summed E-state index contributed by atoms with van der Waals surface area (Å²) in [6.07, 6.45) is 1.48. The fraction of sp³-hybridized carbons (Fsp3) is 0.455. The molecule has 3 aliphatic rings. The van der Waals surface area contributed by atoms with Crippen molar-refractivity contribution in [2.75, 3.05) is 13.1 Å². The number of carbonyl (C=O) groups excluding carboxylic acids is 1. The second kappa shape index (κ2) is 5.82. The largest absolute Gasteiger partial charge is 0.339 e. The molecule has 0 radical (unpaired) electrons. The van der Waals surface area contributed by atoms with Crippen molar-refractivity contribution in [3.05, 3.63) is 47.2 Å². The number of carbonyl (C=O) groups is 1. The summed E-state index contributed by atoms with van der Waals surface area (Å²) >= 11 is 0.